The number of hydrogen-bond acceptors (Lipinski definition) is 3. The molecule has 0 bridgehead atoms. The van der Waals surface area contributed by atoms with Crippen LogP contribution in [0.1, 0.15) is 39.5 Å². The van der Waals surface area contributed by atoms with Crippen molar-refractivity contribution in [3.8, 4) is 18.4 Å². The molecule has 0 rings (SSSR count). The third kappa shape index (κ3) is 5.47. The zero-order valence-electron chi connectivity index (χ0n) is 11.3. The molecule has 1 amide bonds. The normalized spacial score (nSPS) is 10.4. The number of amides is 1. The van der Waals surface area contributed by atoms with E-state index in [4.69, 9.17) is 6.42 Å². The molecule has 0 aromatic rings. The Hall–Kier alpha value is -1.13. The van der Waals surface area contributed by atoms with Gasteiger partial charge in [0.1, 0.15) is 5.41 Å². The Kier molecular flexibility index (Phi) is 9.24. The van der Waals surface area contributed by atoms with Crippen molar-refractivity contribution in [2.24, 2.45) is 5.41 Å². The lowest BCUT2D eigenvalue weighted by molar-refractivity contribution is -0.128. The number of carbonyl (C=O) groups is 1. The standard InChI is InChI=1S/C14H22N2OS/c1-4-7-14(12-15,8-5-2)13(17)16-9-11-18-10-6-3/h3H,4-5,7-11H2,1-2H3,(H,16,17). The van der Waals surface area contributed by atoms with Crippen molar-refractivity contribution < 1.29 is 4.79 Å². The molecular weight excluding hydrogens is 244 g/mol. The van der Waals surface area contributed by atoms with Crippen LogP contribution in [0.3, 0.4) is 0 Å². The highest BCUT2D eigenvalue weighted by Gasteiger charge is 2.36. The largest absolute Gasteiger partial charge is 0.354 e. The van der Waals surface area contributed by atoms with Crippen molar-refractivity contribution in [3.63, 3.8) is 0 Å². The second-order valence-corrected chi connectivity index (χ2v) is 5.31. The molecule has 0 fully saturated rings. The highest BCUT2D eigenvalue weighted by molar-refractivity contribution is 7.99. The smallest absolute Gasteiger partial charge is 0.240 e. The van der Waals surface area contributed by atoms with Crippen LogP contribution in [-0.4, -0.2) is 24.0 Å². The Labute approximate surface area is 115 Å². The number of carbonyl (C=O) groups excluding carboxylic acids is 1. The number of rotatable bonds is 9. The van der Waals surface area contributed by atoms with Crippen LogP contribution in [0.25, 0.3) is 0 Å². The molecule has 0 radical (unpaired) electrons. The van der Waals surface area contributed by atoms with E-state index < -0.39 is 5.41 Å². The second kappa shape index (κ2) is 9.85. The van der Waals surface area contributed by atoms with Gasteiger partial charge in [0.25, 0.3) is 0 Å². The summed E-state index contributed by atoms with van der Waals surface area (Å²) >= 11 is 1.61. The first-order valence-corrected chi connectivity index (χ1v) is 7.53. The molecule has 0 heterocycles. The van der Waals surface area contributed by atoms with Crippen molar-refractivity contribution in [3.05, 3.63) is 0 Å². The minimum Gasteiger partial charge on any atom is -0.354 e. The van der Waals surface area contributed by atoms with E-state index in [1.807, 2.05) is 13.8 Å². The average Bonchev–Trinajstić information content (AvgIpc) is 2.37. The molecule has 0 atom stereocenters. The summed E-state index contributed by atoms with van der Waals surface area (Å²) in [6.07, 6.45) is 8.07. The molecule has 0 aromatic carbocycles. The Bertz CT molecular complexity index is 322. The number of hydrogen-bond donors (Lipinski definition) is 1. The summed E-state index contributed by atoms with van der Waals surface area (Å²) in [5, 5.41) is 12.2. The van der Waals surface area contributed by atoms with Crippen LogP contribution in [0, 0.1) is 29.1 Å². The van der Waals surface area contributed by atoms with Gasteiger partial charge in [-0.25, -0.2) is 0 Å². The van der Waals surface area contributed by atoms with Gasteiger partial charge in [0.2, 0.25) is 5.91 Å². The van der Waals surface area contributed by atoms with E-state index in [1.54, 1.807) is 11.8 Å². The molecule has 100 valence electrons. The van der Waals surface area contributed by atoms with Crippen molar-refractivity contribution in [2.75, 3.05) is 18.1 Å². The zero-order chi connectivity index (χ0) is 13.9. The Balaban J connectivity index is 4.31. The molecular formula is C14H22N2OS. The maximum Gasteiger partial charge on any atom is 0.240 e. The molecule has 3 nitrogen and oxygen atoms in total. The fourth-order valence-electron chi connectivity index (χ4n) is 1.91. The zero-order valence-corrected chi connectivity index (χ0v) is 12.1. The van der Waals surface area contributed by atoms with Crippen LogP contribution in [0.4, 0.5) is 0 Å². The lowest BCUT2D eigenvalue weighted by Crippen LogP contribution is -2.41. The van der Waals surface area contributed by atoms with Crippen molar-refractivity contribution in [1.82, 2.24) is 5.32 Å². The second-order valence-electron chi connectivity index (χ2n) is 4.21. The summed E-state index contributed by atoms with van der Waals surface area (Å²) in [5.74, 6) is 3.85. The molecule has 0 saturated heterocycles. The molecule has 0 aliphatic heterocycles. The van der Waals surface area contributed by atoms with Gasteiger partial charge in [-0.1, -0.05) is 32.6 Å². The first kappa shape index (κ1) is 16.9. The topological polar surface area (TPSA) is 52.9 Å². The van der Waals surface area contributed by atoms with Crippen molar-refractivity contribution >= 4 is 17.7 Å². The van der Waals surface area contributed by atoms with Crippen LogP contribution < -0.4 is 5.32 Å². The summed E-state index contributed by atoms with van der Waals surface area (Å²) in [6.45, 7) is 4.57. The predicted molar refractivity (Wildman–Crippen MR) is 77.0 cm³/mol. The van der Waals surface area contributed by atoms with Gasteiger partial charge >= 0.3 is 0 Å². The van der Waals surface area contributed by atoms with Gasteiger partial charge in [0, 0.05) is 12.3 Å². The Morgan fingerprint density at radius 3 is 2.44 bits per heavy atom. The molecule has 1 N–H and O–H groups in total. The van der Waals surface area contributed by atoms with Crippen LogP contribution in [0.2, 0.25) is 0 Å². The van der Waals surface area contributed by atoms with E-state index in [9.17, 15) is 10.1 Å². The molecule has 0 unspecified atom stereocenters. The summed E-state index contributed by atoms with van der Waals surface area (Å²) in [7, 11) is 0. The van der Waals surface area contributed by atoms with Gasteiger partial charge in [-0.3, -0.25) is 4.79 Å². The lowest BCUT2D eigenvalue weighted by atomic mass is 9.80. The number of nitrogens with one attached hydrogen (secondary N) is 1. The first-order valence-electron chi connectivity index (χ1n) is 6.37. The highest BCUT2D eigenvalue weighted by atomic mass is 32.2. The van der Waals surface area contributed by atoms with Gasteiger partial charge < -0.3 is 5.32 Å². The first-order chi connectivity index (χ1) is 8.66. The molecule has 4 heteroatoms. The molecule has 18 heavy (non-hydrogen) atoms. The predicted octanol–water partition coefficient (Wildman–Crippen LogP) is 2.58. The van der Waals surface area contributed by atoms with Crippen LogP contribution in [0.15, 0.2) is 0 Å². The van der Waals surface area contributed by atoms with E-state index in [-0.39, 0.29) is 5.91 Å². The number of nitrogens with zero attached hydrogens (tertiary/aromatic N) is 1. The summed E-state index contributed by atoms with van der Waals surface area (Å²) < 4.78 is 0. The number of nitriles is 1. The van der Waals surface area contributed by atoms with Gasteiger partial charge in [0.15, 0.2) is 0 Å². The van der Waals surface area contributed by atoms with Crippen LogP contribution in [0.5, 0.6) is 0 Å². The van der Waals surface area contributed by atoms with Crippen molar-refractivity contribution in [1.29, 1.82) is 5.26 Å². The molecule has 0 spiro atoms. The van der Waals surface area contributed by atoms with E-state index in [0.717, 1.165) is 18.6 Å². The fraction of sp³-hybridized carbons (Fsp3) is 0.714. The van der Waals surface area contributed by atoms with Crippen LogP contribution >= 0.6 is 11.8 Å². The SMILES string of the molecule is C#CCSCCNC(=O)C(C#N)(CCC)CCC. The van der Waals surface area contributed by atoms with E-state index >= 15 is 0 Å². The van der Waals surface area contributed by atoms with Gasteiger partial charge in [-0.2, -0.15) is 5.26 Å². The lowest BCUT2D eigenvalue weighted by Gasteiger charge is -2.24. The third-order valence-corrected chi connectivity index (χ3v) is 3.58. The maximum atomic E-state index is 12.1. The minimum atomic E-state index is -0.847. The van der Waals surface area contributed by atoms with Crippen molar-refractivity contribution in [2.45, 2.75) is 39.5 Å². The fourth-order valence-corrected chi connectivity index (χ4v) is 2.41. The monoisotopic (exact) mass is 266 g/mol. The van der Waals surface area contributed by atoms with E-state index in [0.29, 0.717) is 25.1 Å². The Morgan fingerprint density at radius 1 is 1.39 bits per heavy atom. The van der Waals surface area contributed by atoms with Gasteiger partial charge in [-0.05, 0) is 12.8 Å². The molecule has 0 aromatic heterocycles. The summed E-state index contributed by atoms with van der Waals surface area (Å²) in [5.41, 5.74) is -0.847. The van der Waals surface area contributed by atoms with E-state index in [1.165, 1.54) is 0 Å². The third-order valence-electron chi connectivity index (χ3n) is 2.72. The van der Waals surface area contributed by atoms with Gasteiger partial charge in [-0.15, -0.1) is 18.2 Å². The molecule has 0 aliphatic carbocycles. The number of thioether (sulfide) groups is 1. The maximum absolute atomic E-state index is 12.1. The minimum absolute atomic E-state index is 0.130. The summed E-state index contributed by atoms with van der Waals surface area (Å²) in [4.78, 5) is 12.1. The number of terminal acetylenes is 1. The molecule has 0 aliphatic rings. The van der Waals surface area contributed by atoms with E-state index in [2.05, 4.69) is 17.3 Å². The quantitative estimate of drug-likeness (QED) is 0.515. The summed E-state index contributed by atoms with van der Waals surface area (Å²) in [6, 6.07) is 2.22. The van der Waals surface area contributed by atoms with Crippen LogP contribution in [-0.2, 0) is 4.79 Å². The average molecular weight is 266 g/mol. The van der Waals surface area contributed by atoms with Gasteiger partial charge in [0.05, 0.1) is 11.8 Å². The molecule has 0 saturated carbocycles. The highest BCUT2D eigenvalue weighted by Crippen LogP contribution is 2.29. The Morgan fingerprint density at radius 2 is 2.00 bits per heavy atom.